The third-order valence-corrected chi connectivity index (χ3v) is 8.93. The fraction of sp³-hybridized carbons (Fsp3) is 0.394. The molecule has 2 aliphatic heterocycles. The van der Waals surface area contributed by atoms with E-state index in [4.69, 9.17) is 22.9 Å². The number of anilines is 1. The molecule has 14 heteroatoms. The van der Waals surface area contributed by atoms with E-state index in [1.165, 1.54) is 17.3 Å². The molecule has 47 heavy (non-hydrogen) atoms. The second-order valence-corrected chi connectivity index (χ2v) is 12.5. The lowest BCUT2D eigenvalue weighted by atomic mass is 10.0. The molecule has 3 aromatic heterocycles. The van der Waals surface area contributed by atoms with Crippen molar-refractivity contribution < 1.29 is 22.7 Å². The summed E-state index contributed by atoms with van der Waals surface area (Å²) in [6, 6.07) is 4.42. The van der Waals surface area contributed by atoms with Gasteiger partial charge in [-0.2, -0.15) is 9.97 Å². The summed E-state index contributed by atoms with van der Waals surface area (Å²) < 4.78 is 50.1. The number of rotatable bonds is 8. The van der Waals surface area contributed by atoms with Crippen molar-refractivity contribution >= 4 is 45.0 Å². The summed E-state index contributed by atoms with van der Waals surface area (Å²) in [4.78, 5) is 39.4. The molecule has 0 radical (unpaired) electrons. The van der Waals surface area contributed by atoms with Crippen molar-refractivity contribution in [1.29, 1.82) is 0 Å². The van der Waals surface area contributed by atoms with Crippen LogP contribution in [-0.4, -0.2) is 106 Å². The fourth-order valence-corrected chi connectivity index (χ4v) is 6.73. The summed E-state index contributed by atoms with van der Waals surface area (Å²) in [6.45, 7) is 9.26. The summed E-state index contributed by atoms with van der Waals surface area (Å²) in [5.74, 6) is -0.816. The SMILES string of the molecule is [C-]#[N+]C[C@H]1CN(c2nc(OC[C@@H]3CC(C)(F)CN3C)nc3c(F)c(-c4cncc5cccc(Cl)c45)ncc23)CCN1C(=O)/C=C/CF. The summed E-state index contributed by atoms with van der Waals surface area (Å²) in [6.07, 6.45) is 7.16. The van der Waals surface area contributed by atoms with Crippen LogP contribution in [-0.2, 0) is 4.79 Å². The maximum absolute atomic E-state index is 16.6. The van der Waals surface area contributed by atoms with E-state index < -0.39 is 30.1 Å². The smallest absolute Gasteiger partial charge is 0.319 e. The zero-order valence-electron chi connectivity index (χ0n) is 25.8. The molecule has 244 valence electrons. The van der Waals surface area contributed by atoms with Crippen molar-refractivity contribution in [2.24, 2.45) is 0 Å². The van der Waals surface area contributed by atoms with Gasteiger partial charge in [0.2, 0.25) is 12.5 Å². The summed E-state index contributed by atoms with van der Waals surface area (Å²) in [7, 11) is 1.81. The number of benzene rings is 1. The van der Waals surface area contributed by atoms with Crippen LogP contribution in [0.3, 0.4) is 0 Å². The van der Waals surface area contributed by atoms with Crippen molar-refractivity contribution in [1.82, 2.24) is 29.7 Å². The van der Waals surface area contributed by atoms with Crippen molar-refractivity contribution in [3.8, 4) is 17.3 Å². The molecule has 0 aliphatic carbocycles. The third-order valence-electron chi connectivity index (χ3n) is 8.62. The number of carbonyl (C=O) groups is 1. The normalized spacial score (nSPS) is 22.0. The van der Waals surface area contributed by atoms with Crippen LogP contribution in [0.4, 0.5) is 19.0 Å². The Balaban J connectivity index is 1.43. The molecular weight excluding hydrogens is 633 g/mol. The van der Waals surface area contributed by atoms with Gasteiger partial charge in [-0.3, -0.25) is 19.7 Å². The number of amides is 1. The lowest BCUT2D eigenvalue weighted by molar-refractivity contribution is -0.128. The maximum Gasteiger partial charge on any atom is 0.319 e. The van der Waals surface area contributed by atoms with Gasteiger partial charge in [-0.25, -0.2) is 19.7 Å². The molecule has 1 aromatic carbocycles. The molecule has 3 atom stereocenters. The lowest BCUT2D eigenvalue weighted by Gasteiger charge is -2.39. The number of hydrogen-bond donors (Lipinski definition) is 0. The zero-order valence-corrected chi connectivity index (χ0v) is 26.6. The van der Waals surface area contributed by atoms with Crippen LogP contribution in [0.2, 0.25) is 5.02 Å². The highest BCUT2D eigenvalue weighted by Crippen LogP contribution is 2.37. The zero-order chi connectivity index (χ0) is 33.3. The molecule has 0 bridgehead atoms. The first-order chi connectivity index (χ1) is 22.6. The molecule has 5 heterocycles. The maximum atomic E-state index is 16.6. The minimum absolute atomic E-state index is 0.000306. The number of aromatic nitrogens is 4. The highest BCUT2D eigenvalue weighted by atomic mass is 35.5. The summed E-state index contributed by atoms with van der Waals surface area (Å²) in [5.41, 5.74) is -1.05. The predicted octanol–water partition coefficient (Wildman–Crippen LogP) is 5.31. The molecule has 0 saturated carbocycles. The number of ether oxygens (including phenoxy) is 1. The van der Waals surface area contributed by atoms with E-state index in [0.29, 0.717) is 32.6 Å². The molecule has 2 saturated heterocycles. The Labute approximate surface area is 274 Å². The van der Waals surface area contributed by atoms with Crippen molar-refractivity contribution in [3.05, 3.63) is 71.2 Å². The molecule has 10 nitrogen and oxygen atoms in total. The van der Waals surface area contributed by atoms with Gasteiger partial charge in [0.05, 0.1) is 5.39 Å². The average Bonchev–Trinajstić information content (AvgIpc) is 3.33. The Morgan fingerprint density at radius 3 is 2.81 bits per heavy atom. The predicted molar refractivity (Wildman–Crippen MR) is 173 cm³/mol. The van der Waals surface area contributed by atoms with Gasteiger partial charge in [-0.1, -0.05) is 23.7 Å². The monoisotopic (exact) mass is 664 g/mol. The van der Waals surface area contributed by atoms with Crippen molar-refractivity contribution in [2.75, 3.05) is 58.0 Å². The van der Waals surface area contributed by atoms with Crippen LogP contribution >= 0.6 is 11.6 Å². The molecule has 0 spiro atoms. The summed E-state index contributed by atoms with van der Waals surface area (Å²) in [5, 5.41) is 2.01. The van der Waals surface area contributed by atoms with Crippen LogP contribution in [0.25, 0.3) is 37.8 Å². The van der Waals surface area contributed by atoms with Crippen molar-refractivity contribution in [3.63, 3.8) is 0 Å². The summed E-state index contributed by atoms with van der Waals surface area (Å²) >= 11 is 6.54. The van der Waals surface area contributed by atoms with E-state index in [2.05, 4.69) is 24.8 Å². The van der Waals surface area contributed by atoms with E-state index in [0.717, 1.165) is 12.2 Å². The number of likely N-dealkylation sites (N-methyl/N-ethyl adjacent to an activating group) is 1. The number of likely N-dealkylation sites (tertiary alicyclic amines) is 1. The number of halogens is 4. The van der Waals surface area contributed by atoms with Gasteiger partial charge in [0, 0.05) is 84.7 Å². The molecule has 2 fully saturated rings. The molecule has 0 N–H and O–H groups in total. The second kappa shape index (κ2) is 13.3. The van der Waals surface area contributed by atoms with Crippen LogP contribution in [0.5, 0.6) is 6.01 Å². The van der Waals surface area contributed by atoms with Gasteiger partial charge in [-0.15, -0.1) is 0 Å². The van der Waals surface area contributed by atoms with E-state index in [-0.39, 0.29) is 69.0 Å². The second-order valence-electron chi connectivity index (χ2n) is 12.1. The van der Waals surface area contributed by atoms with Crippen LogP contribution in [0.15, 0.2) is 48.9 Å². The molecule has 6 rings (SSSR count). The van der Waals surface area contributed by atoms with Crippen molar-refractivity contribution in [2.45, 2.75) is 31.1 Å². The number of alkyl halides is 2. The number of allylic oxidation sites excluding steroid dienone is 1. The number of nitrogens with zero attached hydrogens (tertiary/aromatic N) is 8. The largest absolute Gasteiger partial charge is 0.462 e. The number of pyridine rings is 2. The first-order valence-electron chi connectivity index (χ1n) is 15.1. The Morgan fingerprint density at radius 1 is 1.23 bits per heavy atom. The molecule has 2 aliphatic rings. The minimum Gasteiger partial charge on any atom is -0.462 e. The molecule has 1 amide bonds. The average molecular weight is 665 g/mol. The first kappa shape index (κ1) is 32.4. The highest BCUT2D eigenvalue weighted by molar-refractivity contribution is 6.36. The van der Waals surface area contributed by atoms with Crippen LogP contribution in [0, 0.1) is 12.4 Å². The van der Waals surface area contributed by atoms with E-state index >= 15 is 4.39 Å². The lowest BCUT2D eigenvalue weighted by Crippen LogP contribution is -2.56. The molecule has 1 unspecified atom stereocenters. The quantitative estimate of drug-likeness (QED) is 0.185. The minimum atomic E-state index is -1.37. The first-order valence-corrected chi connectivity index (χ1v) is 15.5. The number of piperazine rings is 1. The number of carbonyl (C=O) groups excluding carboxylic acids is 1. The Morgan fingerprint density at radius 2 is 2.06 bits per heavy atom. The number of hydrogen-bond acceptors (Lipinski definition) is 8. The topological polar surface area (TPSA) is 91.9 Å². The Hall–Kier alpha value is -4.54. The van der Waals surface area contributed by atoms with Crippen LogP contribution < -0.4 is 9.64 Å². The third kappa shape index (κ3) is 6.53. The van der Waals surface area contributed by atoms with Gasteiger partial charge in [0.15, 0.2) is 5.82 Å². The highest BCUT2D eigenvalue weighted by Gasteiger charge is 2.39. The van der Waals surface area contributed by atoms with Gasteiger partial charge in [0.25, 0.3) is 0 Å². The van der Waals surface area contributed by atoms with Gasteiger partial charge < -0.3 is 19.4 Å². The van der Waals surface area contributed by atoms with Gasteiger partial charge in [-0.05, 0) is 26.1 Å². The van der Waals surface area contributed by atoms with E-state index in [1.807, 2.05) is 22.9 Å². The molecular formula is C33H32ClF3N8O2. The Kier molecular flexibility index (Phi) is 9.16. The Bertz CT molecular complexity index is 1900. The van der Waals surface area contributed by atoms with E-state index in [1.54, 1.807) is 25.3 Å². The van der Waals surface area contributed by atoms with Gasteiger partial charge >= 0.3 is 6.01 Å². The fourth-order valence-electron chi connectivity index (χ4n) is 6.44. The standard InChI is InChI=1S/C33H32ClF3N8O2/c1-33(37)12-21(43(3)19-33)18-47-32-41-30-24(16-40-29(28(30)36)23-15-39-13-20-6-4-7-25(34)27(20)23)31(42-32)44-10-11-45(22(17-44)14-38-2)26(46)8-5-9-35/h4-8,13,15-16,21-22H,9-12,14,17-19H2,1,3H3/b8-5+/t21-,22-,33?/m0/s1. The molecule has 4 aromatic rings. The van der Waals surface area contributed by atoms with Crippen LogP contribution in [0.1, 0.15) is 13.3 Å². The van der Waals surface area contributed by atoms with E-state index in [9.17, 15) is 13.6 Å². The van der Waals surface area contributed by atoms with Gasteiger partial charge in [0.1, 0.15) is 42.0 Å². The number of fused-ring (bicyclic) bond motifs is 2.